The summed E-state index contributed by atoms with van der Waals surface area (Å²) in [7, 11) is 0. The molecule has 16 heavy (non-hydrogen) atoms. The standard InChI is InChI=1S/C11H13ClN2O2/c1-2-7-14-8(5-6-13-14)11(15)9-3-4-10(12)16-9/h3-6,11,15H,2,7H2,1H3. The number of aliphatic hydroxyl groups is 1. The molecular formula is C11H13ClN2O2. The Bertz CT molecular complexity index is 464. The highest BCUT2D eigenvalue weighted by molar-refractivity contribution is 6.28. The van der Waals surface area contributed by atoms with Crippen LogP contribution in [0.5, 0.6) is 0 Å². The molecule has 1 unspecified atom stereocenters. The largest absolute Gasteiger partial charge is 0.447 e. The van der Waals surface area contributed by atoms with Crippen molar-refractivity contribution in [3.8, 4) is 0 Å². The summed E-state index contributed by atoms with van der Waals surface area (Å²) < 4.78 is 6.94. The lowest BCUT2D eigenvalue weighted by atomic mass is 10.2. The molecule has 0 saturated carbocycles. The van der Waals surface area contributed by atoms with Crippen LogP contribution in [0.2, 0.25) is 5.22 Å². The molecular weight excluding hydrogens is 228 g/mol. The first-order valence-corrected chi connectivity index (χ1v) is 5.55. The number of aromatic nitrogens is 2. The molecule has 0 aliphatic rings. The third-order valence-corrected chi connectivity index (χ3v) is 2.53. The number of furan rings is 1. The molecule has 1 atom stereocenters. The summed E-state index contributed by atoms with van der Waals surface area (Å²) >= 11 is 5.67. The van der Waals surface area contributed by atoms with Crippen LogP contribution in [-0.4, -0.2) is 14.9 Å². The zero-order chi connectivity index (χ0) is 11.5. The van der Waals surface area contributed by atoms with Crippen molar-refractivity contribution in [3.63, 3.8) is 0 Å². The molecule has 0 amide bonds. The van der Waals surface area contributed by atoms with E-state index in [1.807, 2.05) is 0 Å². The predicted molar refractivity (Wildman–Crippen MR) is 60.3 cm³/mol. The molecule has 0 aliphatic heterocycles. The van der Waals surface area contributed by atoms with Gasteiger partial charge in [0, 0.05) is 12.7 Å². The summed E-state index contributed by atoms with van der Waals surface area (Å²) in [5.41, 5.74) is 0.716. The number of hydrogen-bond acceptors (Lipinski definition) is 3. The average molecular weight is 241 g/mol. The summed E-state index contributed by atoms with van der Waals surface area (Å²) in [4.78, 5) is 0. The summed E-state index contributed by atoms with van der Waals surface area (Å²) in [6.07, 6.45) is 1.81. The number of hydrogen-bond donors (Lipinski definition) is 1. The fraction of sp³-hybridized carbons (Fsp3) is 0.364. The molecule has 0 spiro atoms. The van der Waals surface area contributed by atoms with Crippen molar-refractivity contribution in [1.82, 2.24) is 9.78 Å². The van der Waals surface area contributed by atoms with Crippen LogP contribution in [-0.2, 0) is 6.54 Å². The van der Waals surface area contributed by atoms with Gasteiger partial charge in [0.2, 0.25) is 0 Å². The highest BCUT2D eigenvalue weighted by Gasteiger charge is 2.18. The molecule has 0 aromatic carbocycles. The maximum atomic E-state index is 10.1. The van der Waals surface area contributed by atoms with Gasteiger partial charge in [-0.15, -0.1) is 0 Å². The molecule has 2 heterocycles. The maximum absolute atomic E-state index is 10.1. The quantitative estimate of drug-likeness (QED) is 0.894. The van der Waals surface area contributed by atoms with Crippen LogP contribution in [0.25, 0.3) is 0 Å². The second-order valence-electron chi connectivity index (χ2n) is 3.52. The Labute approximate surface area is 98.4 Å². The third-order valence-electron chi connectivity index (χ3n) is 2.33. The molecule has 0 fully saturated rings. The van der Waals surface area contributed by atoms with Crippen molar-refractivity contribution >= 4 is 11.6 Å². The number of halogens is 1. The van der Waals surface area contributed by atoms with E-state index in [1.54, 1.807) is 29.1 Å². The zero-order valence-electron chi connectivity index (χ0n) is 8.93. The topological polar surface area (TPSA) is 51.2 Å². The molecule has 0 saturated heterocycles. The van der Waals surface area contributed by atoms with Crippen LogP contribution in [0.15, 0.2) is 28.8 Å². The second-order valence-corrected chi connectivity index (χ2v) is 3.90. The molecule has 2 aromatic heterocycles. The summed E-state index contributed by atoms with van der Waals surface area (Å²) in [6, 6.07) is 5.05. The molecule has 86 valence electrons. The lowest BCUT2D eigenvalue weighted by molar-refractivity contribution is 0.178. The van der Waals surface area contributed by atoms with Gasteiger partial charge in [-0.1, -0.05) is 6.92 Å². The Morgan fingerprint density at radius 1 is 1.50 bits per heavy atom. The van der Waals surface area contributed by atoms with Crippen LogP contribution in [0.4, 0.5) is 0 Å². The van der Waals surface area contributed by atoms with Crippen molar-refractivity contribution in [2.75, 3.05) is 0 Å². The maximum Gasteiger partial charge on any atom is 0.193 e. The van der Waals surface area contributed by atoms with E-state index in [0.717, 1.165) is 13.0 Å². The fourth-order valence-electron chi connectivity index (χ4n) is 1.59. The first kappa shape index (κ1) is 11.2. The van der Waals surface area contributed by atoms with Crippen molar-refractivity contribution in [1.29, 1.82) is 0 Å². The van der Waals surface area contributed by atoms with Crippen LogP contribution >= 0.6 is 11.6 Å². The Balaban J connectivity index is 2.26. The molecule has 2 rings (SSSR count). The summed E-state index contributed by atoms with van der Waals surface area (Å²) in [6.45, 7) is 2.83. The SMILES string of the molecule is CCCn1nccc1C(O)c1ccc(Cl)o1. The fourth-order valence-corrected chi connectivity index (χ4v) is 1.75. The van der Waals surface area contributed by atoms with Crippen molar-refractivity contribution < 1.29 is 9.52 Å². The van der Waals surface area contributed by atoms with E-state index in [0.29, 0.717) is 11.5 Å². The summed E-state index contributed by atoms with van der Waals surface area (Å²) in [5.74, 6) is 0.433. The molecule has 2 aromatic rings. The second kappa shape index (κ2) is 4.72. The lowest BCUT2D eigenvalue weighted by Gasteiger charge is -2.10. The molecule has 0 radical (unpaired) electrons. The van der Waals surface area contributed by atoms with E-state index in [9.17, 15) is 5.11 Å². The van der Waals surface area contributed by atoms with Gasteiger partial charge in [0.25, 0.3) is 0 Å². The van der Waals surface area contributed by atoms with E-state index >= 15 is 0 Å². The highest BCUT2D eigenvalue weighted by atomic mass is 35.5. The monoisotopic (exact) mass is 240 g/mol. The van der Waals surface area contributed by atoms with Crippen molar-refractivity contribution in [2.24, 2.45) is 0 Å². The number of aliphatic hydroxyl groups excluding tert-OH is 1. The van der Waals surface area contributed by atoms with E-state index in [-0.39, 0.29) is 5.22 Å². The van der Waals surface area contributed by atoms with Crippen LogP contribution in [0.1, 0.15) is 30.9 Å². The van der Waals surface area contributed by atoms with Gasteiger partial charge in [0.1, 0.15) is 5.76 Å². The van der Waals surface area contributed by atoms with E-state index in [2.05, 4.69) is 12.0 Å². The molecule has 1 N–H and O–H groups in total. The minimum atomic E-state index is -0.818. The summed E-state index contributed by atoms with van der Waals surface area (Å²) in [5, 5.41) is 14.5. The van der Waals surface area contributed by atoms with Gasteiger partial charge in [-0.2, -0.15) is 5.10 Å². The number of nitrogens with zero attached hydrogens (tertiary/aromatic N) is 2. The third kappa shape index (κ3) is 2.13. The molecule has 5 heteroatoms. The number of aryl methyl sites for hydroxylation is 1. The highest BCUT2D eigenvalue weighted by Crippen LogP contribution is 2.25. The molecule has 0 bridgehead atoms. The van der Waals surface area contributed by atoms with E-state index in [4.69, 9.17) is 16.0 Å². The Morgan fingerprint density at radius 2 is 2.31 bits per heavy atom. The van der Waals surface area contributed by atoms with Gasteiger partial charge in [-0.05, 0) is 36.2 Å². The van der Waals surface area contributed by atoms with Gasteiger partial charge in [0.05, 0.1) is 5.69 Å². The van der Waals surface area contributed by atoms with Crippen LogP contribution < -0.4 is 0 Å². The van der Waals surface area contributed by atoms with Gasteiger partial charge < -0.3 is 9.52 Å². The van der Waals surface area contributed by atoms with Crippen LogP contribution in [0, 0.1) is 0 Å². The van der Waals surface area contributed by atoms with Crippen LogP contribution in [0.3, 0.4) is 0 Å². The number of rotatable bonds is 4. The Hall–Kier alpha value is -1.26. The Morgan fingerprint density at radius 3 is 2.94 bits per heavy atom. The zero-order valence-corrected chi connectivity index (χ0v) is 9.68. The van der Waals surface area contributed by atoms with Crippen molar-refractivity contribution in [2.45, 2.75) is 26.0 Å². The van der Waals surface area contributed by atoms with Gasteiger partial charge in [0.15, 0.2) is 11.3 Å². The minimum Gasteiger partial charge on any atom is -0.447 e. The smallest absolute Gasteiger partial charge is 0.193 e. The molecule has 0 aliphatic carbocycles. The Kier molecular flexibility index (Phi) is 3.31. The van der Waals surface area contributed by atoms with Gasteiger partial charge in [-0.3, -0.25) is 4.68 Å². The van der Waals surface area contributed by atoms with E-state index < -0.39 is 6.10 Å². The first-order valence-electron chi connectivity index (χ1n) is 5.17. The minimum absolute atomic E-state index is 0.274. The normalized spacial score (nSPS) is 12.9. The van der Waals surface area contributed by atoms with Gasteiger partial charge >= 0.3 is 0 Å². The predicted octanol–water partition coefficient (Wildman–Crippen LogP) is 2.62. The van der Waals surface area contributed by atoms with Gasteiger partial charge in [-0.25, -0.2) is 0 Å². The van der Waals surface area contributed by atoms with E-state index in [1.165, 1.54) is 0 Å². The lowest BCUT2D eigenvalue weighted by Crippen LogP contribution is -2.09. The average Bonchev–Trinajstić information content (AvgIpc) is 2.87. The van der Waals surface area contributed by atoms with Crippen molar-refractivity contribution in [3.05, 3.63) is 41.1 Å². The molecule has 4 nitrogen and oxygen atoms in total. The first-order chi connectivity index (χ1) is 7.72.